The summed E-state index contributed by atoms with van der Waals surface area (Å²) in [6.07, 6.45) is 2.05. The summed E-state index contributed by atoms with van der Waals surface area (Å²) in [6, 6.07) is 7.36. The second-order valence-corrected chi connectivity index (χ2v) is 8.07. The van der Waals surface area contributed by atoms with Crippen LogP contribution in [0.3, 0.4) is 0 Å². The highest BCUT2D eigenvalue weighted by molar-refractivity contribution is 7.92. The molecule has 2 rings (SSSR count). The third-order valence-corrected chi connectivity index (χ3v) is 5.19. The third-order valence-electron chi connectivity index (χ3n) is 4.04. The average Bonchev–Trinajstić information content (AvgIpc) is 2.67. The smallest absolute Gasteiger partial charge is 0.273 e. The van der Waals surface area contributed by atoms with Gasteiger partial charge in [0.1, 0.15) is 5.84 Å². The maximum Gasteiger partial charge on any atom is 0.273 e. The van der Waals surface area contributed by atoms with Gasteiger partial charge in [-0.05, 0) is 30.7 Å². The lowest BCUT2D eigenvalue weighted by atomic mass is 10.1. The molecule has 0 aliphatic carbocycles. The van der Waals surface area contributed by atoms with Crippen LogP contribution >= 0.6 is 0 Å². The van der Waals surface area contributed by atoms with Gasteiger partial charge in [0.2, 0.25) is 15.9 Å². The summed E-state index contributed by atoms with van der Waals surface area (Å²) in [7, 11) is -3.80. The quantitative estimate of drug-likeness (QED) is 0.297. The number of amides is 2. The molecule has 0 aliphatic rings. The highest BCUT2D eigenvalue weighted by Crippen LogP contribution is 2.07. The minimum atomic E-state index is -3.80. The lowest BCUT2D eigenvalue weighted by Crippen LogP contribution is -2.36. The molecule has 10 nitrogen and oxygen atoms in total. The van der Waals surface area contributed by atoms with Gasteiger partial charge in [-0.25, -0.2) is 17.9 Å². The Bertz CT molecular complexity index is 1180. The van der Waals surface area contributed by atoms with E-state index in [0.717, 1.165) is 4.68 Å². The lowest BCUT2D eigenvalue weighted by Gasteiger charge is -2.12. The summed E-state index contributed by atoms with van der Waals surface area (Å²) in [4.78, 5) is 41.9. The van der Waals surface area contributed by atoms with E-state index in [1.54, 1.807) is 6.92 Å². The minimum absolute atomic E-state index is 0.0735. The number of amidine groups is 1. The van der Waals surface area contributed by atoms with Crippen molar-refractivity contribution in [1.29, 1.82) is 0 Å². The summed E-state index contributed by atoms with van der Waals surface area (Å²) in [5, 5.41) is 0. The van der Waals surface area contributed by atoms with Crippen LogP contribution in [0.25, 0.3) is 0 Å². The number of sulfonamides is 1. The van der Waals surface area contributed by atoms with E-state index >= 15 is 0 Å². The molecule has 11 heteroatoms. The van der Waals surface area contributed by atoms with Crippen molar-refractivity contribution in [1.82, 2.24) is 4.68 Å². The molecule has 2 amide bonds. The normalized spacial score (nSPS) is 11.7. The van der Waals surface area contributed by atoms with Gasteiger partial charge in [-0.15, -0.1) is 6.58 Å². The number of carbonyl (C=O) groups excluding carboxylic acids is 2. The SMILES string of the molecule is C=CCS(=O)(=O)Nn1ccc(C)c(CC(=O)N=C(N)c2ccc(C(N)=O)cc2)c1=O. The highest BCUT2D eigenvalue weighted by atomic mass is 32.2. The Morgan fingerprint density at radius 2 is 1.77 bits per heavy atom. The van der Waals surface area contributed by atoms with Gasteiger partial charge in [0.15, 0.2) is 0 Å². The van der Waals surface area contributed by atoms with Crippen LogP contribution in [0.5, 0.6) is 0 Å². The Kier molecular flexibility index (Phi) is 6.90. The first-order chi connectivity index (χ1) is 14.0. The van der Waals surface area contributed by atoms with Crippen LogP contribution in [0.2, 0.25) is 0 Å². The maximum absolute atomic E-state index is 12.6. The number of pyridine rings is 1. The zero-order valence-electron chi connectivity index (χ0n) is 16.2. The number of aliphatic imine (C=N–C) groups is 1. The number of hydrogen-bond donors (Lipinski definition) is 3. The molecule has 0 bridgehead atoms. The van der Waals surface area contributed by atoms with E-state index in [1.165, 1.54) is 42.6 Å². The molecule has 2 aromatic rings. The fourth-order valence-electron chi connectivity index (χ4n) is 2.49. The first kappa shape index (κ1) is 22.6. The van der Waals surface area contributed by atoms with Crippen LogP contribution in [-0.4, -0.2) is 36.5 Å². The largest absolute Gasteiger partial charge is 0.383 e. The van der Waals surface area contributed by atoms with E-state index in [0.29, 0.717) is 11.1 Å². The van der Waals surface area contributed by atoms with Crippen molar-refractivity contribution in [2.45, 2.75) is 13.3 Å². The Morgan fingerprint density at radius 1 is 1.17 bits per heavy atom. The Labute approximate surface area is 172 Å². The molecule has 0 spiro atoms. The molecule has 0 unspecified atom stereocenters. The topological polar surface area (TPSA) is 167 Å². The zero-order valence-corrected chi connectivity index (χ0v) is 17.0. The van der Waals surface area contributed by atoms with Gasteiger partial charge < -0.3 is 11.5 Å². The van der Waals surface area contributed by atoms with Crippen LogP contribution < -0.4 is 21.9 Å². The summed E-state index contributed by atoms with van der Waals surface area (Å²) in [5.74, 6) is -1.78. The summed E-state index contributed by atoms with van der Waals surface area (Å²) in [5.41, 5.74) is 11.5. The molecule has 1 aromatic carbocycles. The summed E-state index contributed by atoms with van der Waals surface area (Å²) >= 11 is 0. The Hall–Kier alpha value is -3.73. The monoisotopic (exact) mass is 431 g/mol. The van der Waals surface area contributed by atoms with Crippen LogP contribution in [0, 0.1) is 6.92 Å². The van der Waals surface area contributed by atoms with E-state index in [1.807, 2.05) is 0 Å². The molecule has 0 saturated heterocycles. The number of aromatic nitrogens is 1. The fraction of sp³-hybridized carbons (Fsp3) is 0.158. The van der Waals surface area contributed by atoms with E-state index in [9.17, 15) is 22.8 Å². The average molecular weight is 431 g/mol. The first-order valence-corrected chi connectivity index (χ1v) is 10.3. The van der Waals surface area contributed by atoms with Crippen LogP contribution in [0.15, 0.2) is 59.0 Å². The number of nitrogens with one attached hydrogen (secondary N) is 1. The van der Waals surface area contributed by atoms with Crippen molar-refractivity contribution >= 4 is 27.7 Å². The number of rotatable bonds is 8. The molecule has 0 fully saturated rings. The molecule has 1 heterocycles. The fourth-order valence-corrected chi connectivity index (χ4v) is 3.32. The predicted molar refractivity (Wildman–Crippen MR) is 113 cm³/mol. The minimum Gasteiger partial charge on any atom is -0.383 e. The van der Waals surface area contributed by atoms with Crippen molar-refractivity contribution in [3.05, 3.63) is 81.8 Å². The van der Waals surface area contributed by atoms with Gasteiger partial charge in [0.05, 0.1) is 12.2 Å². The van der Waals surface area contributed by atoms with Gasteiger partial charge in [0.25, 0.3) is 11.5 Å². The highest BCUT2D eigenvalue weighted by Gasteiger charge is 2.15. The zero-order chi connectivity index (χ0) is 22.5. The van der Waals surface area contributed by atoms with E-state index < -0.39 is 27.4 Å². The molecule has 0 saturated carbocycles. The Morgan fingerprint density at radius 3 is 2.33 bits per heavy atom. The summed E-state index contributed by atoms with van der Waals surface area (Å²) < 4.78 is 24.5. The van der Waals surface area contributed by atoms with Gasteiger partial charge in [-0.1, -0.05) is 18.2 Å². The number of hydrogen-bond acceptors (Lipinski definition) is 5. The van der Waals surface area contributed by atoms with Crippen LogP contribution in [0.1, 0.15) is 27.0 Å². The summed E-state index contributed by atoms with van der Waals surface area (Å²) in [6.45, 7) is 4.96. The van der Waals surface area contributed by atoms with Crippen LogP contribution in [0.4, 0.5) is 0 Å². The molecular formula is C19H21N5O5S. The number of primary amides is 1. The second-order valence-electron chi connectivity index (χ2n) is 6.32. The second kappa shape index (κ2) is 9.18. The first-order valence-electron chi connectivity index (χ1n) is 8.64. The number of nitrogens with zero attached hydrogens (tertiary/aromatic N) is 2. The molecule has 30 heavy (non-hydrogen) atoms. The maximum atomic E-state index is 12.6. The van der Waals surface area contributed by atoms with Gasteiger partial charge in [-0.3, -0.25) is 14.4 Å². The standard InChI is InChI=1S/C19H21N5O5S/c1-3-10-30(28,29)23-24-9-8-12(2)15(19(24)27)11-16(25)22-17(20)13-4-6-14(7-5-13)18(21)26/h3-9,23H,1,10-11H2,2H3,(H2,21,26)(H2,20,22,25). The van der Waals surface area contributed by atoms with E-state index in [-0.39, 0.29) is 29.1 Å². The molecule has 158 valence electrons. The van der Waals surface area contributed by atoms with Gasteiger partial charge in [-0.2, -0.15) is 4.99 Å². The van der Waals surface area contributed by atoms with Gasteiger partial charge in [0, 0.05) is 22.9 Å². The molecule has 0 aliphatic heterocycles. The van der Waals surface area contributed by atoms with Crippen LogP contribution in [-0.2, 0) is 21.2 Å². The van der Waals surface area contributed by atoms with Gasteiger partial charge >= 0.3 is 0 Å². The van der Waals surface area contributed by atoms with Crippen molar-refractivity contribution in [2.24, 2.45) is 16.5 Å². The van der Waals surface area contributed by atoms with Crippen molar-refractivity contribution < 1.29 is 18.0 Å². The molecule has 5 N–H and O–H groups in total. The number of benzene rings is 1. The molecule has 0 atom stereocenters. The lowest BCUT2D eigenvalue weighted by molar-refractivity contribution is -0.117. The van der Waals surface area contributed by atoms with Crippen molar-refractivity contribution in [3.8, 4) is 0 Å². The number of carbonyl (C=O) groups is 2. The number of aryl methyl sites for hydroxylation is 1. The van der Waals surface area contributed by atoms with E-state index in [2.05, 4.69) is 16.4 Å². The van der Waals surface area contributed by atoms with Crippen molar-refractivity contribution in [2.75, 3.05) is 10.6 Å². The molecule has 1 aromatic heterocycles. The Balaban J connectivity index is 2.26. The molecule has 0 radical (unpaired) electrons. The third kappa shape index (κ3) is 5.64. The van der Waals surface area contributed by atoms with Crippen molar-refractivity contribution in [3.63, 3.8) is 0 Å². The van der Waals surface area contributed by atoms with E-state index in [4.69, 9.17) is 11.5 Å². The predicted octanol–water partition coefficient (Wildman–Crippen LogP) is -0.210. The molecular weight excluding hydrogens is 410 g/mol. The number of nitrogens with two attached hydrogens (primary N) is 2.